The Morgan fingerprint density at radius 1 is 1.27 bits per heavy atom. The van der Waals surface area contributed by atoms with E-state index in [1.54, 1.807) is 0 Å². The van der Waals surface area contributed by atoms with E-state index in [0.717, 1.165) is 14.5 Å². The molecule has 0 amide bonds. The lowest BCUT2D eigenvalue weighted by Crippen LogP contribution is -1.81. The van der Waals surface area contributed by atoms with Gasteiger partial charge in [-0.3, -0.25) is 0 Å². The van der Waals surface area contributed by atoms with Crippen molar-refractivity contribution in [2.45, 2.75) is 5.88 Å². The van der Waals surface area contributed by atoms with Crippen LogP contribution in [0.2, 0.25) is 5.02 Å². The Morgan fingerprint density at radius 2 is 1.91 bits per heavy atom. The van der Waals surface area contributed by atoms with E-state index in [1.807, 2.05) is 12.1 Å². The van der Waals surface area contributed by atoms with Crippen LogP contribution < -0.4 is 0 Å². The van der Waals surface area contributed by atoms with Crippen LogP contribution in [0.3, 0.4) is 0 Å². The van der Waals surface area contributed by atoms with Gasteiger partial charge < -0.3 is 0 Å². The standard InChI is InChI=1S/C7H4Br2Cl2/c8-6-2-5(11)1-4(3-10)7(6)9/h1-2H,3H2. The normalized spacial score (nSPS) is 10.2. The lowest BCUT2D eigenvalue weighted by Gasteiger charge is -2.02. The van der Waals surface area contributed by atoms with Gasteiger partial charge in [-0.1, -0.05) is 11.6 Å². The van der Waals surface area contributed by atoms with Crippen LogP contribution in [0.5, 0.6) is 0 Å². The van der Waals surface area contributed by atoms with Crippen molar-refractivity contribution < 1.29 is 0 Å². The lowest BCUT2D eigenvalue weighted by molar-refractivity contribution is 1.35. The molecule has 0 spiro atoms. The van der Waals surface area contributed by atoms with Crippen molar-refractivity contribution in [3.63, 3.8) is 0 Å². The Bertz CT molecular complexity index is 273. The minimum absolute atomic E-state index is 0.458. The number of rotatable bonds is 1. The third-order valence-corrected chi connectivity index (χ3v) is 3.81. The van der Waals surface area contributed by atoms with E-state index in [2.05, 4.69) is 31.9 Å². The van der Waals surface area contributed by atoms with E-state index in [9.17, 15) is 0 Å². The predicted molar refractivity (Wildman–Crippen MR) is 56.4 cm³/mol. The summed E-state index contributed by atoms with van der Waals surface area (Å²) in [6.45, 7) is 0. The molecule has 0 heterocycles. The van der Waals surface area contributed by atoms with Crippen molar-refractivity contribution in [1.82, 2.24) is 0 Å². The summed E-state index contributed by atoms with van der Waals surface area (Å²) >= 11 is 18.2. The zero-order valence-electron chi connectivity index (χ0n) is 5.37. The van der Waals surface area contributed by atoms with Crippen LogP contribution in [0.4, 0.5) is 0 Å². The van der Waals surface area contributed by atoms with Crippen LogP contribution >= 0.6 is 55.1 Å². The minimum atomic E-state index is 0.458. The van der Waals surface area contributed by atoms with E-state index in [1.165, 1.54) is 0 Å². The van der Waals surface area contributed by atoms with Crippen LogP contribution in [0, 0.1) is 0 Å². The highest BCUT2D eigenvalue weighted by Gasteiger charge is 2.04. The molecule has 0 aliphatic rings. The van der Waals surface area contributed by atoms with Gasteiger partial charge in [0.1, 0.15) is 0 Å². The average molecular weight is 319 g/mol. The van der Waals surface area contributed by atoms with Crippen LogP contribution in [0.1, 0.15) is 5.56 Å². The fourth-order valence-electron chi connectivity index (χ4n) is 0.707. The highest BCUT2D eigenvalue weighted by Crippen LogP contribution is 2.31. The van der Waals surface area contributed by atoms with Crippen LogP contribution in [-0.4, -0.2) is 0 Å². The Labute approximate surface area is 92.1 Å². The van der Waals surface area contributed by atoms with Gasteiger partial charge >= 0.3 is 0 Å². The van der Waals surface area contributed by atoms with Gasteiger partial charge in [0.2, 0.25) is 0 Å². The number of hydrogen-bond donors (Lipinski definition) is 0. The average Bonchev–Trinajstić information content (AvgIpc) is 1.96. The first kappa shape index (κ1) is 9.85. The molecular weight excluding hydrogens is 315 g/mol. The Balaban J connectivity index is 3.24. The molecule has 11 heavy (non-hydrogen) atoms. The van der Waals surface area contributed by atoms with Crippen molar-refractivity contribution in [2.24, 2.45) is 0 Å². The fourth-order valence-corrected chi connectivity index (χ4v) is 2.32. The topological polar surface area (TPSA) is 0 Å². The Morgan fingerprint density at radius 3 is 2.45 bits per heavy atom. The summed E-state index contributed by atoms with van der Waals surface area (Å²) in [5.41, 5.74) is 0.992. The maximum Gasteiger partial charge on any atom is 0.0486 e. The summed E-state index contributed by atoms with van der Waals surface area (Å²) in [7, 11) is 0. The second-order valence-corrected chi connectivity index (χ2v) is 4.35. The van der Waals surface area contributed by atoms with Gasteiger partial charge in [0.05, 0.1) is 0 Å². The van der Waals surface area contributed by atoms with Crippen LogP contribution in [0.25, 0.3) is 0 Å². The number of benzene rings is 1. The number of alkyl halides is 1. The van der Waals surface area contributed by atoms with E-state index in [-0.39, 0.29) is 0 Å². The van der Waals surface area contributed by atoms with Crippen molar-refractivity contribution in [1.29, 1.82) is 0 Å². The number of hydrogen-bond acceptors (Lipinski definition) is 0. The Hall–Kier alpha value is 0.760. The summed E-state index contributed by atoms with van der Waals surface area (Å²) in [6, 6.07) is 3.66. The second-order valence-electron chi connectivity index (χ2n) is 1.99. The molecule has 0 saturated carbocycles. The third kappa shape index (κ3) is 2.35. The summed E-state index contributed by atoms with van der Waals surface area (Å²) in [5, 5.41) is 0.690. The predicted octanol–water partition coefficient (Wildman–Crippen LogP) is 4.60. The summed E-state index contributed by atoms with van der Waals surface area (Å²) < 4.78 is 1.90. The van der Waals surface area contributed by atoms with E-state index >= 15 is 0 Å². The van der Waals surface area contributed by atoms with Gasteiger partial charge in [-0.25, -0.2) is 0 Å². The van der Waals surface area contributed by atoms with Gasteiger partial charge in [0.25, 0.3) is 0 Å². The molecule has 1 aromatic carbocycles. The van der Waals surface area contributed by atoms with Gasteiger partial charge in [0.15, 0.2) is 0 Å². The first-order chi connectivity index (χ1) is 5.15. The molecule has 1 aromatic rings. The smallest absolute Gasteiger partial charge is 0.0486 e. The summed E-state index contributed by atoms with van der Waals surface area (Å²) in [6.07, 6.45) is 0. The Kier molecular flexibility index (Phi) is 3.69. The molecule has 0 N–H and O–H groups in total. The van der Waals surface area contributed by atoms with Crippen LogP contribution in [-0.2, 0) is 5.88 Å². The zero-order valence-corrected chi connectivity index (χ0v) is 10.1. The molecule has 0 unspecified atom stereocenters. The first-order valence-corrected chi connectivity index (χ1v) is 5.34. The van der Waals surface area contributed by atoms with E-state index in [4.69, 9.17) is 23.2 Å². The molecule has 0 aliphatic carbocycles. The monoisotopic (exact) mass is 316 g/mol. The van der Waals surface area contributed by atoms with Crippen molar-refractivity contribution in [3.05, 3.63) is 31.7 Å². The molecule has 0 aromatic heterocycles. The fraction of sp³-hybridized carbons (Fsp3) is 0.143. The maximum atomic E-state index is 5.79. The molecular formula is C7H4Br2Cl2. The molecule has 0 nitrogen and oxygen atoms in total. The van der Waals surface area contributed by atoms with Gasteiger partial charge in [-0.15, -0.1) is 11.6 Å². The zero-order chi connectivity index (χ0) is 8.43. The van der Waals surface area contributed by atoms with Crippen molar-refractivity contribution >= 4 is 55.1 Å². The van der Waals surface area contributed by atoms with Crippen molar-refractivity contribution in [3.8, 4) is 0 Å². The number of halogens is 4. The maximum absolute atomic E-state index is 5.79. The van der Waals surface area contributed by atoms with Crippen molar-refractivity contribution in [2.75, 3.05) is 0 Å². The SMILES string of the molecule is ClCc1cc(Cl)cc(Br)c1Br. The lowest BCUT2D eigenvalue weighted by atomic mass is 10.2. The van der Waals surface area contributed by atoms with E-state index in [0.29, 0.717) is 10.9 Å². The molecule has 1 rings (SSSR count). The highest BCUT2D eigenvalue weighted by molar-refractivity contribution is 9.13. The minimum Gasteiger partial charge on any atom is -0.122 e. The molecule has 60 valence electrons. The molecule has 0 radical (unpaired) electrons. The molecule has 0 bridgehead atoms. The second kappa shape index (κ2) is 4.13. The highest BCUT2D eigenvalue weighted by atomic mass is 79.9. The molecule has 0 atom stereocenters. The molecule has 4 heteroatoms. The summed E-state index contributed by atoms with van der Waals surface area (Å²) in [5.74, 6) is 0.458. The van der Waals surface area contributed by atoms with Gasteiger partial charge in [0, 0.05) is 19.8 Å². The molecule has 0 aliphatic heterocycles. The molecule has 0 saturated heterocycles. The molecule has 0 fully saturated rings. The van der Waals surface area contributed by atoms with E-state index < -0.39 is 0 Å². The largest absolute Gasteiger partial charge is 0.122 e. The quantitative estimate of drug-likeness (QED) is 0.524. The first-order valence-electron chi connectivity index (χ1n) is 2.84. The van der Waals surface area contributed by atoms with Crippen LogP contribution in [0.15, 0.2) is 21.1 Å². The third-order valence-electron chi connectivity index (χ3n) is 1.21. The van der Waals surface area contributed by atoms with Gasteiger partial charge in [-0.2, -0.15) is 0 Å². The van der Waals surface area contributed by atoms with Gasteiger partial charge in [-0.05, 0) is 49.6 Å². The summed E-state index contributed by atoms with van der Waals surface area (Å²) in [4.78, 5) is 0.